The zero-order chi connectivity index (χ0) is 24.8. The number of halogens is 3. The van der Waals surface area contributed by atoms with Crippen LogP contribution in [0.2, 0.25) is 0 Å². The summed E-state index contributed by atoms with van der Waals surface area (Å²) in [7, 11) is 0. The number of aryl methyl sites for hydroxylation is 2. The molecule has 3 aromatic carbocycles. The van der Waals surface area contributed by atoms with E-state index in [0.29, 0.717) is 46.9 Å². The van der Waals surface area contributed by atoms with Gasteiger partial charge in [-0.1, -0.05) is 55.8 Å². The molecule has 0 saturated carbocycles. The molecular weight excluding hydrogens is 445 g/mol. The molecule has 0 N–H and O–H groups in total. The fourth-order valence-corrected chi connectivity index (χ4v) is 4.91. The van der Waals surface area contributed by atoms with E-state index in [1.54, 1.807) is 24.3 Å². The van der Waals surface area contributed by atoms with Crippen molar-refractivity contribution in [3.8, 4) is 16.9 Å². The van der Waals surface area contributed by atoms with Crippen LogP contribution >= 0.6 is 0 Å². The summed E-state index contributed by atoms with van der Waals surface area (Å²) in [6.45, 7) is 4.49. The second-order valence-electron chi connectivity index (χ2n) is 9.33. The molecule has 0 saturated heterocycles. The van der Waals surface area contributed by atoms with E-state index in [-0.39, 0.29) is 5.82 Å². The van der Waals surface area contributed by atoms with Gasteiger partial charge in [0.1, 0.15) is 11.6 Å². The highest BCUT2D eigenvalue weighted by Gasteiger charge is 2.20. The lowest BCUT2D eigenvalue weighted by Gasteiger charge is -2.23. The molecule has 1 aliphatic rings. The van der Waals surface area contributed by atoms with Gasteiger partial charge in [-0.3, -0.25) is 0 Å². The zero-order valence-electron chi connectivity index (χ0n) is 20.5. The third kappa shape index (κ3) is 5.98. The topological polar surface area (TPSA) is 9.23 Å². The number of hydrogen-bond donors (Lipinski definition) is 0. The maximum absolute atomic E-state index is 14.9. The average Bonchev–Trinajstić information content (AvgIpc) is 2.87. The molecule has 4 rings (SSSR count). The molecule has 184 valence electrons. The first-order valence-corrected chi connectivity index (χ1v) is 12.7. The van der Waals surface area contributed by atoms with Crippen molar-refractivity contribution in [2.24, 2.45) is 5.92 Å². The Balaban J connectivity index is 1.38. The SMILES string of the molecule is CCCc1ccc(-c2ccc(CCC3CC=C(c4ccc(OCC)cc4F)CC3)c(F)c2F)cc1. The lowest BCUT2D eigenvalue weighted by atomic mass is 9.83. The van der Waals surface area contributed by atoms with Gasteiger partial charge in [-0.15, -0.1) is 0 Å². The van der Waals surface area contributed by atoms with E-state index < -0.39 is 11.6 Å². The molecule has 0 amide bonds. The summed E-state index contributed by atoms with van der Waals surface area (Å²) in [5.41, 5.74) is 4.24. The van der Waals surface area contributed by atoms with E-state index in [2.05, 4.69) is 13.0 Å². The summed E-state index contributed by atoms with van der Waals surface area (Å²) in [5, 5.41) is 0. The highest BCUT2D eigenvalue weighted by molar-refractivity contribution is 5.67. The molecule has 1 nitrogen and oxygen atoms in total. The first-order chi connectivity index (χ1) is 17.0. The van der Waals surface area contributed by atoms with Crippen LogP contribution in [0, 0.1) is 23.4 Å². The predicted octanol–water partition coefficient (Wildman–Crippen LogP) is 8.94. The Hall–Kier alpha value is -3.01. The maximum atomic E-state index is 14.9. The molecule has 0 aliphatic heterocycles. The molecular formula is C31H33F3O. The Morgan fingerprint density at radius 1 is 0.857 bits per heavy atom. The maximum Gasteiger partial charge on any atom is 0.166 e. The van der Waals surface area contributed by atoms with E-state index in [1.165, 1.54) is 11.6 Å². The van der Waals surface area contributed by atoms with Crippen LogP contribution in [0.25, 0.3) is 16.7 Å². The number of rotatable bonds is 9. The summed E-state index contributed by atoms with van der Waals surface area (Å²) >= 11 is 0. The third-order valence-electron chi connectivity index (χ3n) is 6.90. The molecule has 35 heavy (non-hydrogen) atoms. The molecule has 0 spiro atoms. The number of hydrogen-bond acceptors (Lipinski definition) is 1. The van der Waals surface area contributed by atoms with Crippen molar-refractivity contribution in [3.05, 3.63) is 94.8 Å². The van der Waals surface area contributed by atoms with Crippen LogP contribution in [0.15, 0.2) is 60.7 Å². The molecule has 0 radical (unpaired) electrons. The van der Waals surface area contributed by atoms with Gasteiger partial charge in [-0.05, 0) is 85.8 Å². The largest absolute Gasteiger partial charge is 0.494 e. The van der Waals surface area contributed by atoms with Gasteiger partial charge in [-0.2, -0.15) is 0 Å². The standard InChI is InChI=1S/C31H33F3O/c1-3-5-21-6-13-24(14-7-21)28-18-16-25(30(33)31(28)34)15-10-22-8-11-23(12-9-22)27-19-17-26(35-4-2)20-29(27)32/h6-7,11,13-14,16-20,22H,3-5,8-10,12,15H2,1-2H3. The van der Waals surface area contributed by atoms with Crippen LogP contribution in [0.1, 0.15) is 62.6 Å². The normalized spacial score (nSPS) is 15.7. The molecule has 3 aromatic rings. The molecule has 0 aromatic heterocycles. The minimum absolute atomic E-state index is 0.265. The van der Waals surface area contributed by atoms with Crippen LogP contribution in [-0.4, -0.2) is 6.61 Å². The Morgan fingerprint density at radius 3 is 2.29 bits per heavy atom. The van der Waals surface area contributed by atoms with E-state index in [0.717, 1.165) is 44.1 Å². The number of ether oxygens (including phenoxy) is 1. The van der Waals surface area contributed by atoms with E-state index >= 15 is 0 Å². The molecule has 1 aliphatic carbocycles. The van der Waals surface area contributed by atoms with Gasteiger partial charge in [0.15, 0.2) is 11.6 Å². The van der Waals surface area contributed by atoms with Crippen LogP contribution in [0.5, 0.6) is 5.75 Å². The monoisotopic (exact) mass is 478 g/mol. The van der Waals surface area contributed by atoms with E-state index in [1.807, 2.05) is 31.2 Å². The molecule has 0 bridgehead atoms. The van der Waals surface area contributed by atoms with Crippen LogP contribution in [-0.2, 0) is 12.8 Å². The second-order valence-corrected chi connectivity index (χ2v) is 9.33. The van der Waals surface area contributed by atoms with Crippen molar-refractivity contribution in [1.29, 1.82) is 0 Å². The fraction of sp³-hybridized carbons (Fsp3) is 0.355. The summed E-state index contributed by atoms with van der Waals surface area (Å²) in [6.07, 6.45) is 7.88. The molecule has 1 atom stereocenters. The van der Waals surface area contributed by atoms with Gasteiger partial charge >= 0.3 is 0 Å². The second kappa shape index (κ2) is 11.6. The van der Waals surface area contributed by atoms with Crippen LogP contribution in [0.3, 0.4) is 0 Å². The zero-order valence-corrected chi connectivity index (χ0v) is 20.5. The van der Waals surface area contributed by atoms with Crippen molar-refractivity contribution < 1.29 is 17.9 Å². The van der Waals surface area contributed by atoms with Gasteiger partial charge in [0, 0.05) is 17.2 Å². The van der Waals surface area contributed by atoms with Crippen molar-refractivity contribution in [1.82, 2.24) is 0 Å². The lowest BCUT2D eigenvalue weighted by molar-refractivity contribution is 0.338. The Morgan fingerprint density at radius 2 is 1.63 bits per heavy atom. The van der Waals surface area contributed by atoms with Gasteiger partial charge < -0.3 is 4.74 Å². The minimum Gasteiger partial charge on any atom is -0.494 e. The Kier molecular flexibility index (Phi) is 8.33. The highest BCUT2D eigenvalue weighted by atomic mass is 19.2. The molecule has 1 unspecified atom stereocenters. The van der Waals surface area contributed by atoms with Crippen molar-refractivity contribution in [2.45, 2.75) is 58.8 Å². The summed E-state index contributed by atoms with van der Waals surface area (Å²) in [6, 6.07) is 16.1. The van der Waals surface area contributed by atoms with Gasteiger partial charge in [-0.25, -0.2) is 13.2 Å². The van der Waals surface area contributed by atoms with Crippen molar-refractivity contribution in [2.75, 3.05) is 6.61 Å². The van der Waals surface area contributed by atoms with Gasteiger partial charge in [0.05, 0.1) is 6.61 Å². The van der Waals surface area contributed by atoms with Crippen molar-refractivity contribution in [3.63, 3.8) is 0 Å². The van der Waals surface area contributed by atoms with Gasteiger partial charge in [0.2, 0.25) is 0 Å². The third-order valence-corrected chi connectivity index (χ3v) is 6.90. The molecule has 0 heterocycles. The summed E-state index contributed by atoms with van der Waals surface area (Å²) in [5.74, 6) is -0.876. The van der Waals surface area contributed by atoms with Crippen LogP contribution < -0.4 is 4.74 Å². The number of allylic oxidation sites excluding steroid dienone is 2. The van der Waals surface area contributed by atoms with Gasteiger partial charge in [0.25, 0.3) is 0 Å². The van der Waals surface area contributed by atoms with Crippen LogP contribution in [0.4, 0.5) is 13.2 Å². The average molecular weight is 479 g/mol. The van der Waals surface area contributed by atoms with E-state index in [4.69, 9.17) is 4.74 Å². The summed E-state index contributed by atoms with van der Waals surface area (Å²) in [4.78, 5) is 0. The fourth-order valence-electron chi connectivity index (χ4n) is 4.91. The lowest BCUT2D eigenvalue weighted by Crippen LogP contribution is -2.08. The highest BCUT2D eigenvalue weighted by Crippen LogP contribution is 2.35. The number of benzene rings is 3. The Labute approximate surface area is 206 Å². The predicted molar refractivity (Wildman–Crippen MR) is 137 cm³/mol. The minimum atomic E-state index is -0.775. The first kappa shape index (κ1) is 25.1. The van der Waals surface area contributed by atoms with E-state index in [9.17, 15) is 13.2 Å². The summed E-state index contributed by atoms with van der Waals surface area (Å²) < 4.78 is 49.7. The first-order valence-electron chi connectivity index (χ1n) is 12.7. The molecule has 0 fully saturated rings. The molecule has 4 heteroatoms. The smallest absolute Gasteiger partial charge is 0.166 e. The Bertz CT molecular complexity index is 1180. The quantitative estimate of drug-likeness (QED) is 0.298. The van der Waals surface area contributed by atoms with Crippen molar-refractivity contribution >= 4 is 5.57 Å².